The van der Waals surface area contributed by atoms with E-state index < -0.39 is 0 Å². The third kappa shape index (κ3) is 2.93. The summed E-state index contributed by atoms with van der Waals surface area (Å²) in [5, 5.41) is 0. The van der Waals surface area contributed by atoms with E-state index in [4.69, 9.17) is 10.2 Å². The van der Waals surface area contributed by atoms with Crippen LogP contribution in [0, 0.1) is 0 Å². The molecule has 0 aliphatic heterocycles. The number of hydrogen-bond acceptors (Lipinski definition) is 3. The molecule has 0 aliphatic rings. The van der Waals surface area contributed by atoms with Crippen LogP contribution in [0.25, 0.3) is 0 Å². The highest BCUT2D eigenvalue weighted by molar-refractivity contribution is 5.48. The minimum Gasteiger partial charge on any atom is -0.467 e. The summed E-state index contributed by atoms with van der Waals surface area (Å²) in [5.74, 6) is 0.980. The smallest absolute Gasteiger partial charge is 0.123 e. The van der Waals surface area contributed by atoms with Crippen molar-refractivity contribution in [2.45, 2.75) is 26.4 Å². The molecule has 18 heavy (non-hydrogen) atoms. The summed E-state index contributed by atoms with van der Waals surface area (Å²) in [4.78, 5) is 2.27. The van der Waals surface area contributed by atoms with Crippen LogP contribution in [0.3, 0.4) is 0 Å². The largest absolute Gasteiger partial charge is 0.467 e. The molecule has 0 saturated carbocycles. The molecule has 0 fully saturated rings. The second-order valence-corrected chi connectivity index (χ2v) is 4.47. The average molecular weight is 244 g/mol. The SMILES string of the molecule is CCN(Cc1ccco1)c1ccc([C@@H](C)N)cc1. The molecular weight excluding hydrogens is 224 g/mol. The molecule has 0 spiro atoms. The van der Waals surface area contributed by atoms with Crippen LogP contribution in [0.2, 0.25) is 0 Å². The first-order chi connectivity index (χ1) is 8.70. The Labute approximate surface area is 108 Å². The van der Waals surface area contributed by atoms with E-state index in [2.05, 4.69) is 36.1 Å². The second-order valence-electron chi connectivity index (χ2n) is 4.47. The maximum absolute atomic E-state index is 5.85. The van der Waals surface area contributed by atoms with Gasteiger partial charge in [0.05, 0.1) is 12.8 Å². The highest BCUT2D eigenvalue weighted by Crippen LogP contribution is 2.20. The van der Waals surface area contributed by atoms with Gasteiger partial charge in [0.15, 0.2) is 0 Å². The Hall–Kier alpha value is -1.74. The number of benzene rings is 1. The maximum Gasteiger partial charge on any atom is 0.123 e. The zero-order valence-electron chi connectivity index (χ0n) is 11.0. The molecule has 96 valence electrons. The second kappa shape index (κ2) is 5.74. The fourth-order valence-electron chi connectivity index (χ4n) is 1.97. The fourth-order valence-corrected chi connectivity index (χ4v) is 1.97. The highest BCUT2D eigenvalue weighted by atomic mass is 16.3. The first-order valence-electron chi connectivity index (χ1n) is 6.33. The Morgan fingerprint density at radius 3 is 2.44 bits per heavy atom. The molecule has 1 aromatic carbocycles. The van der Waals surface area contributed by atoms with E-state index in [-0.39, 0.29) is 6.04 Å². The Kier molecular flexibility index (Phi) is 4.05. The Balaban J connectivity index is 2.12. The molecule has 2 N–H and O–H groups in total. The molecule has 1 heterocycles. The van der Waals surface area contributed by atoms with Gasteiger partial charge >= 0.3 is 0 Å². The van der Waals surface area contributed by atoms with E-state index in [1.54, 1.807) is 6.26 Å². The topological polar surface area (TPSA) is 42.4 Å². The van der Waals surface area contributed by atoms with Crippen LogP contribution in [-0.2, 0) is 6.54 Å². The third-order valence-electron chi connectivity index (χ3n) is 3.09. The molecule has 0 unspecified atom stereocenters. The summed E-state index contributed by atoms with van der Waals surface area (Å²) in [6, 6.07) is 12.4. The van der Waals surface area contributed by atoms with E-state index in [1.165, 1.54) is 5.69 Å². The number of hydrogen-bond donors (Lipinski definition) is 1. The van der Waals surface area contributed by atoms with Crippen molar-refractivity contribution in [3.63, 3.8) is 0 Å². The molecule has 0 saturated heterocycles. The molecule has 2 rings (SSSR count). The molecule has 3 heteroatoms. The van der Waals surface area contributed by atoms with Crippen molar-refractivity contribution in [3.05, 3.63) is 54.0 Å². The first-order valence-corrected chi connectivity index (χ1v) is 6.33. The minimum atomic E-state index is 0.0826. The van der Waals surface area contributed by atoms with Gasteiger partial charge in [-0.25, -0.2) is 0 Å². The van der Waals surface area contributed by atoms with Gasteiger partial charge in [-0.1, -0.05) is 12.1 Å². The van der Waals surface area contributed by atoms with E-state index in [9.17, 15) is 0 Å². The fraction of sp³-hybridized carbons (Fsp3) is 0.333. The van der Waals surface area contributed by atoms with Crippen molar-refractivity contribution in [2.75, 3.05) is 11.4 Å². The van der Waals surface area contributed by atoms with Crippen molar-refractivity contribution in [3.8, 4) is 0 Å². The Bertz CT molecular complexity index is 460. The normalized spacial score (nSPS) is 12.4. The van der Waals surface area contributed by atoms with Gasteiger partial charge < -0.3 is 15.1 Å². The number of nitrogens with two attached hydrogens (primary N) is 1. The minimum absolute atomic E-state index is 0.0826. The summed E-state index contributed by atoms with van der Waals surface area (Å²) in [6.45, 7) is 5.87. The lowest BCUT2D eigenvalue weighted by atomic mass is 10.1. The van der Waals surface area contributed by atoms with E-state index in [0.29, 0.717) is 0 Å². The van der Waals surface area contributed by atoms with Gasteiger partial charge in [-0.15, -0.1) is 0 Å². The lowest BCUT2D eigenvalue weighted by Crippen LogP contribution is -2.21. The summed E-state index contributed by atoms with van der Waals surface area (Å²) in [6.07, 6.45) is 1.71. The van der Waals surface area contributed by atoms with Gasteiger partial charge in [0.1, 0.15) is 5.76 Å². The first kappa shape index (κ1) is 12.7. The monoisotopic (exact) mass is 244 g/mol. The van der Waals surface area contributed by atoms with Crippen molar-refractivity contribution in [1.29, 1.82) is 0 Å². The summed E-state index contributed by atoms with van der Waals surface area (Å²) < 4.78 is 5.39. The van der Waals surface area contributed by atoms with Crippen molar-refractivity contribution in [2.24, 2.45) is 5.73 Å². The lowest BCUT2D eigenvalue weighted by Gasteiger charge is -2.22. The van der Waals surface area contributed by atoms with Gasteiger partial charge in [0.25, 0.3) is 0 Å². The molecule has 3 nitrogen and oxygen atoms in total. The van der Waals surface area contributed by atoms with Crippen LogP contribution in [0.4, 0.5) is 5.69 Å². The molecular formula is C15H20N2O. The number of nitrogens with zero attached hydrogens (tertiary/aromatic N) is 1. The van der Waals surface area contributed by atoms with Gasteiger partial charge in [0.2, 0.25) is 0 Å². The molecule has 0 radical (unpaired) electrons. The third-order valence-corrected chi connectivity index (χ3v) is 3.09. The van der Waals surface area contributed by atoms with E-state index in [0.717, 1.165) is 24.4 Å². The summed E-state index contributed by atoms with van der Waals surface area (Å²) in [7, 11) is 0. The molecule has 2 aromatic rings. The standard InChI is InChI=1S/C15H20N2O/c1-3-17(11-15-5-4-10-18-15)14-8-6-13(7-9-14)12(2)16/h4-10,12H,3,11,16H2,1-2H3/t12-/m1/s1. The number of anilines is 1. The van der Waals surface area contributed by atoms with Crippen LogP contribution >= 0.6 is 0 Å². The van der Waals surface area contributed by atoms with Gasteiger partial charge in [-0.05, 0) is 43.7 Å². The average Bonchev–Trinajstić information content (AvgIpc) is 2.89. The lowest BCUT2D eigenvalue weighted by molar-refractivity contribution is 0.503. The van der Waals surface area contributed by atoms with E-state index >= 15 is 0 Å². The Morgan fingerprint density at radius 1 is 1.22 bits per heavy atom. The van der Waals surface area contributed by atoms with E-state index in [1.807, 2.05) is 19.1 Å². The summed E-state index contributed by atoms with van der Waals surface area (Å²) >= 11 is 0. The van der Waals surface area contributed by atoms with Crippen LogP contribution < -0.4 is 10.6 Å². The van der Waals surface area contributed by atoms with Crippen LogP contribution in [0.15, 0.2) is 47.1 Å². The molecule has 1 aromatic heterocycles. The molecule has 0 bridgehead atoms. The zero-order chi connectivity index (χ0) is 13.0. The number of furan rings is 1. The van der Waals surface area contributed by atoms with Crippen LogP contribution in [0.1, 0.15) is 31.2 Å². The van der Waals surface area contributed by atoms with Crippen molar-refractivity contribution < 1.29 is 4.42 Å². The summed E-state index contributed by atoms with van der Waals surface area (Å²) in [5.41, 5.74) is 8.21. The van der Waals surface area contributed by atoms with Crippen LogP contribution in [-0.4, -0.2) is 6.54 Å². The predicted molar refractivity (Wildman–Crippen MR) is 74.5 cm³/mol. The highest BCUT2D eigenvalue weighted by Gasteiger charge is 2.07. The van der Waals surface area contributed by atoms with Gasteiger partial charge in [0, 0.05) is 18.3 Å². The quantitative estimate of drug-likeness (QED) is 0.877. The predicted octanol–water partition coefficient (Wildman–Crippen LogP) is 3.33. The van der Waals surface area contributed by atoms with Gasteiger partial charge in [-0.3, -0.25) is 0 Å². The Morgan fingerprint density at radius 2 is 1.94 bits per heavy atom. The van der Waals surface area contributed by atoms with Crippen LogP contribution in [0.5, 0.6) is 0 Å². The number of rotatable bonds is 5. The zero-order valence-corrected chi connectivity index (χ0v) is 11.0. The molecule has 0 aliphatic carbocycles. The van der Waals surface area contributed by atoms with Gasteiger partial charge in [-0.2, -0.15) is 0 Å². The molecule has 1 atom stereocenters. The van der Waals surface area contributed by atoms with Crippen molar-refractivity contribution in [1.82, 2.24) is 0 Å². The molecule has 0 amide bonds. The van der Waals surface area contributed by atoms with Crippen molar-refractivity contribution >= 4 is 5.69 Å². The maximum atomic E-state index is 5.85.